The molecule has 0 bridgehead atoms. The number of benzene rings is 3. The number of rotatable bonds is 5. The molecule has 9 heteroatoms. The second-order valence-corrected chi connectivity index (χ2v) is 8.57. The number of amides is 1. The number of aromatic amines is 1. The van der Waals surface area contributed by atoms with Crippen LogP contribution in [0.25, 0.3) is 32.9 Å². The summed E-state index contributed by atoms with van der Waals surface area (Å²) in [5.41, 5.74) is 2.58. The van der Waals surface area contributed by atoms with Crippen molar-refractivity contribution in [3.63, 3.8) is 0 Å². The normalized spacial score (nSPS) is 13.7. The van der Waals surface area contributed by atoms with Crippen LogP contribution in [0.2, 0.25) is 0 Å². The number of fused-ring (bicyclic) bond motifs is 2. The Labute approximate surface area is 198 Å². The maximum absolute atomic E-state index is 13.9. The van der Waals surface area contributed by atoms with Crippen LogP contribution in [0.3, 0.4) is 0 Å². The first-order valence-corrected chi connectivity index (χ1v) is 11.2. The zero-order valence-electron chi connectivity index (χ0n) is 18.5. The highest BCUT2D eigenvalue weighted by molar-refractivity contribution is 6.11. The predicted octanol–water partition coefficient (Wildman–Crippen LogP) is 3.98. The molecular weight excluding hydrogens is 449 g/mol. The summed E-state index contributed by atoms with van der Waals surface area (Å²) in [6.07, 6.45) is 0. The van der Waals surface area contributed by atoms with Gasteiger partial charge in [0.15, 0.2) is 5.69 Å². The number of carbonyl (C=O) groups is 1. The van der Waals surface area contributed by atoms with E-state index in [1.165, 1.54) is 12.1 Å². The third-order valence-corrected chi connectivity index (χ3v) is 6.18. The number of halogens is 1. The molecule has 0 saturated carbocycles. The summed E-state index contributed by atoms with van der Waals surface area (Å²) in [6.45, 7) is 1.82. The second kappa shape index (κ2) is 8.44. The van der Waals surface area contributed by atoms with Crippen LogP contribution in [0.5, 0.6) is 0 Å². The number of anilines is 1. The standard InChI is InChI=1S/C26H20FN5O3/c27-17-7-10-21-22(11-17)32(12-15-13-35-14-15)31-24(21)26(34)28-18-8-5-16(6-9-18)23-19-3-1-2-4-20(19)25(33)30-29-23/h1-11,15H,12-14H2,(H,28,34)(H,30,33). The molecule has 0 atom stereocenters. The number of nitrogens with zero attached hydrogens (tertiary/aromatic N) is 3. The third-order valence-electron chi connectivity index (χ3n) is 6.18. The zero-order chi connectivity index (χ0) is 23.9. The van der Waals surface area contributed by atoms with Crippen molar-refractivity contribution in [2.24, 2.45) is 5.92 Å². The molecule has 1 amide bonds. The van der Waals surface area contributed by atoms with Gasteiger partial charge in [0, 0.05) is 34.5 Å². The summed E-state index contributed by atoms with van der Waals surface area (Å²) in [4.78, 5) is 25.2. The number of hydrogen-bond donors (Lipinski definition) is 2. The number of nitrogens with one attached hydrogen (secondary N) is 2. The molecule has 1 saturated heterocycles. The van der Waals surface area contributed by atoms with Crippen LogP contribution in [0.1, 0.15) is 10.5 Å². The van der Waals surface area contributed by atoms with Crippen molar-refractivity contribution < 1.29 is 13.9 Å². The van der Waals surface area contributed by atoms with Crippen molar-refractivity contribution in [1.29, 1.82) is 0 Å². The van der Waals surface area contributed by atoms with E-state index in [1.807, 2.05) is 24.3 Å². The van der Waals surface area contributed by atoms with Crippen molar-refractivity contribution in [3.8, 4) is 11.3 Å². The van der Waals surface area contributed by atoms with Gasteiger partial charge in [-0.1, -0.05) is 30.3 Å². The number of aromatic nitrogens is 4. The Morgan fingerprint density at radius 2 is 1.83 bits per heavy atom. The first-order chi connectivity index (χ1) is 17.1. The van der Waals surface area contributed by atoms with E-state index in [0.717, 1.165) is 10.9 Å². The molecule has 0 aliphatic carbocycles. The Morgan fingerprint density at radius 1 is 1.06 bits per heavy atom. The van der Waals surface area contributed by atoms with Crippen molar-refractivity contribution in [2.75, 3.05) is 18.5 Å². The summed E-state index contributed by atoms with van der Waals surface area (Å²) in [5, 5.41) is 16.0. The van der Waals surface area contributed by atoms with Crippen LogP contribution in [0, 0.1) is 11.7 Å². The highest BCUT2D eigenvalue weighted by atomic mass is 19.1. The highest BCUT2D eigenvalue weighted by Gasteiger charge is 2.23. The third kappa shape index (κ3) is 3.85. The molecule has 3 aromatic carbocycles. The molecule has 0 spiro atoms. The number of carbonyl (C=O) groups excluding carboxylic acids is 1. The van der Waals surface area contributed by atoms with Crippen LogP contribution < -0.4 is 10.9 Å². The molecule has 1 aliphatic heterocycles. The lowest BCUT2D eigenvalue weighted by atomic mass is 10.0. The van der Waals surface area contributed by atoms with Crippen LogP contribution in [-0.4, -0.2) is 39.1 Å². The summed E-state index contributed by atoms with van der Waals surface area (Å²) in [7, 11) is 0. The first kappa shape index (κ1) is 21.2. The minimum atomic E-state index is -0.384. The quantitative estimate of drug-likeness (QED) is 0.406. The zero-order valence-corrected chi connectivity index (χ0v) is 18.5. The van der Waals surface area contributed by atoms with Gasteiger partial charge in [-0.25, -0.2) is 9.49 Å². The minimum Gasteiger partial charge on any atom is -0.381 e. The van der Waals surface area contributed by atoms with Crippen LogP contribution in [-0.2, 0) is 11.3 Å². The van der Waals surface area contributed by atoms with Gasteiger partial charge in [-0.05, 0) is 36.4 Å². The molecule has 1 aliphatic rings. The van der Waals surface area contributed by atoms with E-state index < -0.39 is 0 Å². The van der Waals surface area contributed by atoms with E-state index in [4.69, 9.17) is 4.74 Å². The van der Waals surface area contributed by atoms with E-state index in [-0.39, 0.29) is 23.0 Å². The molecule has 0 unspecified atom stereocenters. The molecule has 0 radical (unpaired) electrons. The van der Waals surface area contributed by atoms with E-state index >= 15 is 0 Å². The molecule has 6 rings (SSSR count). The number of H-pyrrole nitrogens is 1. The van der Waals surface area contributed by atoms with Gasteiger partial charge in [0.25, 0.3) is 11.5 Å². The van der Waals surface area contributed by atoms with E-state index in [1.54, 1.807) is 35.0 Å². The molecule has 3 heterocycles. The van der Waals surface area contributed by atoms with Gasteiger partial charge >= 0.3 is 0 Å². The van der Waals surface area contributed by atoms with E-state index in [0.29, 0.717) is 53.3 Å². The fourth-order valence-corrected chi connectivity index (χ4v) is 4.32. The molecule has 1 fully saturated rings. The summed E-state index contributed by atoms with van der Waals surface area (Å²) < 4.78 is 20.8. The van der Waals surface area contributed by atoms with Gasteiger partial charge in [0.1, 0.15) is 5.82 Å². The lowest BCUT2D eigenvalue weighted by molar-refractivity contribution is -0.0403. The monoisotopic (exact) mass is 469 g/mol. The van der Waals surface area contributed by atoms with Crippen molar-refractivity contribution in [3.05, 3.63) is 88.6 Å². The SMILES string of the molecule is O=C(Nc1ccc(-c2n[nH]c(=O)c3ccccc23)cc1)c1nn(CC2COC2)c2cc(F)ccc12. The second-order valence-electron chi connectivity index (χ2n) is 8.57. The molecular formula is C26H20FN5O3. The van der Waals surface area contributed by atoms with Crippen LogP contribution in [0.15, 0.2) is 71.5 Å². The van der Waals surface area contributed by atoms with Crippen molar-refractivity contribution in [1.82, 2.24) is 20.0 Å². The lowest BCUT2D eigenvalue weighted by Crippen LogP contribution is -2.31. The number of hydrogen-bond acceptors (Lipinski definition) is 5. The maximum atomic E-state index is 13.9. The van der Waals surface area contributed by atoms with Gasteiger partial charge in [-0.3, -0.25) is 14.3 Å². The van der Waals surface area contributed by atoms with Crippen LogP contribution >= 0.6 is 0 Å². The Balaban J connectivity index is 1.28. The Kier molecular flexibility index (Phi) is 5.11. The van der Waals surface area contributed by atoms with Gasteiger partial charge in [-0.2, -0.15) is 10.2 Å². The molecule has 174 valence electrons. The Hall–Kier alpha value is -4.37. The molecule has 35 heavy (non-hydrogen) atoms. The topological polar surface area (TPSA) is 102 Å². The average Bonchev–Trinajstić information content (AvgIpc) is 3.20. The summed E-state index contributed by atoms with van der Waals surface area (Å²) >= 11 is 0. The van der Waals surface area contributed by atoms with Crippen molar-refractivity contribution in [2.45, 2.75) is 6.54 Å². The van der Waals surface area contributed by atoms with Gasteiger partial charge in [0.05, 0.1) is 29.8 Å². The van der Waals surface area contributed by atoms with Gasteiger partial charge in [0.2, 0.25) is 0 Å². The fraction of sp³-hybridized carbons (Fsp3) is 0.154. The van der Waals surface area contributed by atoms with Gasteiger partial charge < -0.3 is 10.1 Å². The Morgan fingerprint density at radius 3 is 2.57 bits per heavy atom. The average molecular weight is 469 g/mol. The molecule has 5 aromatic rings. The predicted molar refractivity (Wildman–Crippen MR) is 130 cm³/mol. The largest absolute Gasteiger partial charge is 0.381 e. The fourth-order valence-electron chi connectivity index (χ4n) is 4.32. The Bertz CT molecular complexity index is 1640. The van der Waals surface area contributed by atoms with Gasteiger partial charge in [-0.15, -0.1) is 0 Å². The molecule has 2 aromatic heterocycles. The van der Waals surface area contributed by atoms with Crippen molar-refractivity contribution >= 4 is 33.3 Å². The maximum Gasteiger partial charge on any atom is 0.276 e. The lowest BCUT2D eigenvalue weighted by Gasteiger charge is -2.25. The van der Waals surface area contributed by atoms with Crippen LogP contribution in [0.4, 0.5) is 10.1 Å². The first-order valence-electron chi connectivity index (χ1n) is 11.2. The molecule has 2 N–H and O–H groups in total. The molecule has 8 nitrogen and oxygen atoms in total. The van der Waals surface area contributed by atoms with E-state index in [2.05, 4.69) is 20.6 Å². The number of ether oxygens (including phenoxy) is 1. The minimum absolute atomic E-state index is 0.234. The summed E-state index contributed by atoms with van der Waals surface area (Å²) in [6, 6.07) is 18.7. The van der Waals surface area contributed by atoms with E-state index in [9.17, 15) is 14.0 Å². The summed E-state index contributed by atoms with van der Waals surface area (Å²) in [5.74, 6) is -0.470. The highest BCUT2D eigenvalue weighted by Crippen LogP contribution is 2.27. The smallest absolute Gasteiger partial charge is 0.276 e.